The number of anilines is 1. The van der Waals surface area contributed by atoms with Crippen LogP contribution in [0.3, 0.4) is 0 Å². The van der Waals surface area contributed by atoms with E-state index < -0.39 is 21.8 Å². The van der Waals surface area contributed by atoms with E-state index >= 15 is 0 Å². The Balaban J connectivity index is 2.28. The first-order valence-electron chi connectivity index (χ1n) is 5.37. The quantitative estimate of drug-likeness (QED) is 0.874. The molecule has 0 spiro atoms. The van der Waals surface area contributed by atoms with Gasteiger partial charge >= 0.3 is 6.18 Å². The molecule has 5 nitrogen and oxygen atoms in total. The van der Waals surface area contributed by atoms with Gasteiger partial charge in [-0.05, 0) is 30.3 Å². The van der Waals surface area contributed by atoms with Gasteiger partial charge in [0, 0.05) is 6.20 Å². The number of rotatable bonds is 3. The summed E-state index contributed by atoms with van der Waals surface area (Å²) in [4.78, 5) is 6.92. The van der Waals surface area contributed by atoms with Crippen molar-refractivity contribution >= 4 is 27.6 Å². The summed E-state index contributed by atoms with van der Waals surface area (Å²) in [6.45, 7) is 0. The second kappa shape index (κ2) is 5.49. The summed E-state index contributed by atoms with van der Waals surface area (Å²) in [6.07, 6.45) is -3.30. The van der Waals surface area contributed by atoms with Gasteiger partial charge in [0.15, 0.2) is 0 Å². The zero-order valence-corrected chi connectivity index (χ0v) is 11.7. The highest BCUT2D eigenvalue weighted by atomic mass is 35.5. The molecule has 0 aliphatic rings. The van der Waals surface area contributed by atoms with Gasteiger partial charge in [-0.3, -0.25) is 0 Å². The molecule has 2 aromatic rings. The van der Waals surface area contributed by atoms with Crippen LogP contribution in [0.4, 0.5) is 19.1 Å². The van der Waals surface area contributed by atoms with Gasteiger partial charge in [-0.2, -0.15) is 13.2 Å². The molecule has 0 aliphatic heterocycles. The molecule has 0 unspecified atom stereocenters. The van der Waals surface area contributed by atoms with Crippen LogP contribution in [0.1, 0.15) is 5.56 Å². The molecule has 0 radical (unpaired) electrons. The Bertz CT molecular complexity index is 748. The van der Waals surface area contributed by atoms with Crippen molar-refractivity contribution in [1.29, 1.82) is 0 Å². The number of hydrogen-bond donors (Lipinski definition) is 1. The maximum Gasteiger partial charge on any atom is 0.416 e. The summed E-state index contributed by atoms with van der Waals surface area (Å²) < 4.78 is 63.2. The smallest absolute Gasteiger partial charge is 0.247 e. The minimum Gasteiger partial charge on any atom is -0.247 e. The first kappa shape index (κ1) is 15.5. The van der Waals surface area contributed by atoms with Crippen LogP contribution in [0, 0.1) is 0 Å². The van der Waals surface area contributed by atoms with E-state index in [1.807, 2.05) is 4.72 Å². The molecule has 0 saturated carbocycles. The first-order valence-corrected chi connectivity index (χ1v) is 7.23. The van der Waals surface area contributed by atoms with Gasteiger partial charge < -0.3 is 0 Å². The third-order valence-electron chi connectivity index (χ3n) is 2.34. The Labute approximate surface area is 122 Å². The molecular weight excluding hydrogens is 331 g/mol. The van der Waals surface area contributed by atoms with Gasteiger partial charge in [-0.25, -0.2) is 23.1 Å². The SMILES string of the molecule is O=S(=O)(Nc1nccc(Cl)n1)c1ccc(C(F)(F)F)cc1. The van der Waals surface area contributed by atoms with Crippen LogP contribution >= 0.6 is 11.6 Å². The number of alkyl halides is 3. The third-order valence-corrected chi connectivity index (χ3v) is 3.89. The Morgan fingerprint density at radius 1 is 1.10 bits per heavy atom. The highest BCUT2D eigenvalue weighted by Crippen LogP contribution is 2.29. The molecule has 0 amide bonds. The van der Waals surface area contributed by atoms with E-state index in [1.165, 1.54) is 12.3 Å². The van der Waals surface area contributed by atoms with Crippen LogP contribution in [-0.4, -0.2) is 18.4 Å². The molecule has 0 fully saturated rings. The summed E-state index contributed by atoms with van der Waals surface area (Å²) in [5.41, 5.74) is -0.944. The van der Waals surface area contributed by atoms with Crippen molar-refractivity contribution in [2.24, 2.45) is 0 Å². The topological polar surface area (TPSA) is 72.0 Å². The lowest BCUT2D eigenvalue weighted by atomic mass is 10.2. The molecule has 0 atom stereocenters. The predicted molar refractivity (Wildman–Crippen MR) is 69.3 cm³/mol. The number of benzene rings is 1. The second-order valence-electron chi connectivity index (χ2n) is 3.83. The fourth-order valence-electron chi connectivity index (χ4n) is 1.39. The minimum absolute atomic E-state index is 0.0233. The molecule has 112 valence electrons. The Hall–Kier alpha value is -1.87. The van der Waals surface area contributed by atoms with E-state index in [-0.39, 0.29) is 16.0 Å². The van der Waals surface area contributed by atoms with E-state index in [9.17, 15) is 21.6 Å². The van der Waals surface area contributed by atoms with Crippen LogP contribution < -0.4 is 4.72 Å². The number of nitrogens with one attached hydrogen (secondary N) is 1. The predicted octanol–water partition coefficient (Wildman–Crippen LogP) is 2.95. The number of hydrogen-bond acceptors (Lipinski definition) is 4. The molecule has 21 heavy (non-hydrogen) atoms. The van der Waals surface area contributed by atoms with Crippen molar-refractivity contribution in [1.82, 2.24) is 9.97 Å². The van der Waals surface area contributed by atoms with Gasteiger partial charge in [-0.1, -0.05) is 11.6 Å². The van der Waals surface area contributed by atoms with Gasteiger partial charge in [0.1, 0.15) is 5.15 Å². The van der Waals surface area contributed by atoms with Gasteiger partial charge in [-0.15, -0.1) is 0 Å². The largest absolute Gasteiger partial charge is 0.416 e. The van der Waals surface area contributed by atoms with Crippen molar-refractivity contribution in [3.8, 4) is 0 Å². The van der Waals surface area contributed by atoms with Crippen molar-refractivity contribution in [2.45, 2.75) is 11.1 Å². The minimum atomic E-state index is -4.54. The second-order valence-corrected chi connectivity index (χ2v) is 5.90. The standard InChI is InChI=1S/C11H7ClF3N3O2S/c12-9-5-6-16-10(17-9)18-21(19,20)8-3-1-7(2-4-8)11(13,14)15/h1-6H,(H,16,17,18). The van der Waals surface area contributed by atoms with Crippen LogP contribution in [0.5, 0.6) is 0 Å². The fraction of sp³-hybridized carbons (Fsp3) is 0.0909. The lowest BCUT2D eigenvalue weighted by molar-refractivity contribution is -0.137. The highest BCUT2D eigenvalue weighted by molar-refractivity contribution is 7.92. The molecule has 1 heterocycles. The van der Waals surface area contributed by atoms with Crippen molar-refractivity contribution in [3.63, 3.8) is 0 Å². The van der Waals surface area contributed by atoms with Crippen molar-refractivity contribution in [3.05, 3.63) is 47.2 Å². The summed E-state index contributed by atoms with van der Waals surface area (Å²) in [5.74, 6) is -0.276. The summed E-state index contributed by atoms with van der Waals surface area (Å²) in [7, 11) is -4.09. The normalized spacial score (nSPS) is 12.2. The molecular formula is C11H7ClF3N3O2S. The summed E-state index contributed by atoms with van der Waals surface area (Å²) >= 11 is 5.58. The van der Waals surface area contributed by atoms with E-state index in [4.69, 9.17) is 11.6 Å². The average Bonchev–Trinajstić information content (AvgIpc) is 2.37. The average molecular weight is 338 g/mol. The van der Waals surface area contributed by atoms with Crippen molar-refractivity contribution in [2.75, 3.05) is 4.72 Å². The lowest BCUT2D eigenvalue weighted by Crippen LogP contribution is -2.15. The van der Waals surface area contributed by atoms with E-state index in [2.05, 4.69) is 9.97 Å². The Morgan fingerprint density at radius 3 is 2.24 bits per heavy atom. The van der Waals surface area contributed by atoms with E-state index in [0.717, 1.165) is 12.1 Å². The number of halogens is 4. The molecule has 0 saturated heterocycles. The monoisotopic (exact) mass is 337 g/mol. The molecule has 1 N–H and O–H groups in total. The van der Waals surface area contributed by atoms with Crippen LogP contribution in [0.15, 0.2) is 41.4 Å². The van der Waals surface area contributed by atoms with Crippen LogP contribution in [0.25, 0.3) is 0 Å². The Morgan fingerprint density at radius 2 is 1.71 bits per heavy atom. The highest BCUT2D eigenvalue weighted by Gasteiger charge is 2.30. The number of sulfonamides is 1. The maximum atomic E-state index is 12.4. The maximum absolute atomic E-state index is 12.4. The molecule has 1 aromatic carbocycles. The summed E-state index contributed by atoms with van der Waals surface area (Å²) in [6, 6.07) is 4.38. The van der Waals surface area contributed by atoms with Crippen LogP contribution in [-0.2, 0) is 16.2 Å². The first-order chi connectivity index (χ1) is 9.68. The van der Waals surface area contributed by atoms with E-state index in [1.54, 1.807) is 0 Å². The molecule has 0 aliphatic carbocycles. The zero-order valence-electron chi connectivity index (χ0n) is 10.1. The lowest BCUT2D eigenvalue weighted by Gasteiger charge is -2.09. The molecule has 0 bridgehead atoms. The molecule has 10 heteroatoms. The third kappa shape index (κ3) is 3.82. The summed E-state index contributed by atoms with van der Waals surface area (Å²) in [5, 5.41) is 0.0233. The van der Waals surface area contributed by atoms with E-state index in [0.29, 0.717) is 12.1 Å². The van der Waals surface area contributed by atoms with Gasteiger partial charge in [0.2, 0.25) is 5.95 Å². The molecule has 1 aromatic heterocycles. The van der Waals surface area contributed by atoms with Crippen molar-refractivity contribution < 1.29 is 21.6 Å². The molecule has 2 rings (SSSR count). The Kier molecular flexibility index (Phi) is 4.06. The fourth-order valence-corrected chi connectivity index (χ4v) is 2.48. The zero-order chi connectivity index (χ0) is 15.7. The number of aromatic nitrogens is 2. The number of nitrogens with zero attached hydrogens (tertiary/aromatic N) is 2. The van der Waals surface area contributed by atoms with Gasteiger partial charge in [0.05, 0.1) is 10.5 Å². The van der Waals surface area contributed by atoms with Crippen LogP contribution in [0.2, 0.25) is 5.15 Å². The van der Waals surface area contributed by atoms with Gasteiger partial charge in [0.25, 0.3) is 10.0 Å².